The van der Waals surface area contributed by atoms with Gasteiger partial charge in [-0.1, -0.05) is 71.9 Å². The van der Waals surface area contributed by atoms with Crippen molar-refractivity contribution in [2.24, 2.45) is 0 Å². The lowest BCUT2D eigenvalue weighted by Crippen LogP contribution is -2.45. The molecule has 4 rings (SSSR count). The van der Waals surface area contributed by atoms with E-state index in [-0.39, 0.29) is 0 Å². The van der Waals surface area contributed by atoms with Crippen molar-refractivity contribution in [1.82, 2.24) is 19.9 Å². The lowest BCUT2D eigenvalue weighted by Gasteiger charge is -2.33. The molecule has 0 N–H and O–H groups in total. The van der Waals surface area contributed by atoms with E-state index in [4.69, 9.17) is 4.52 Å². The molecular weight excluding hydrogens is 348 g/mol. The van der Waals surface area contributed by atoms with Gasteiger partial charge in [0.25, 0.3) is 0 Å². The second-order valence-corrected chi connectivity index (χ2v) is 7.22. The first-order chi connectivity index (χ1) is 13.8. The zero-order valence-electron chi connectivity index (χ0n) is 16.3. The molecule has 1 aliphatic rings. The molecule has 0 atom stereocenters. The summed E-state index contributed by atoms with van der Waals surface area (Å²) in [5.41, 5.74) is 3.45. The SMILES string of the molecule is Cc1ccccc1-c1noc(CN2CCN(C/C=C/c3ccccc3)CC2)n1. The van der Waals surface area contributed by atoms with Crippen LogP contribution in [0.3, 0.4) is 0 Å². The monoisotopic (exact) mass is 374 g/mol. The highest BCUT2D eigenvalue weighted by atomic mass is 16.5. The standard InChI is InChI=1S/C23H26N4O/c1-19-8-5-6-12-21(19)23-24-22(28-25-23)18-27-16-14-26(15-17-27)13-7-11-20-9-3-2-4-10-20/h2-12H,13-18H2,1H3/b11-7+. The van der Waals surface area contributed by atoms with Gasteiger partial charge in [0.15, 0.2) is 0 Å². The molecule has 3 aromatic rings. The molecule has 1 aromatic heterocycles. The second kappa shape index (κ2) is 8.95. The number of aryl methyl sites for hydroxylation is 1. The summed E-state index contributed by atoms with van der Waals surface area (Å²) in [5, 5.41) is 4.16. The maximum Gasteiger partial charge on any atom is 0.241 e. The van der Waals surface area contributed by atoms with Crippen LogP contribution in [0.4, 0.5) is 0 Å². The van der Waals surface area contributed by atoms with Crippen LogP contribution in [0.5, 0.6) is 0 Å². The van der Waals surface area contributed by atoms with Crippen molar-refractivity contribution < 1.29 is 4.52 Å². The number of piperazine rings is 1. The summed E-state index contributed by atoms with van der Waals surface area (Å²) < 4.78 is 5.49. The molecule has 0 aliphatic carbocycles. The predicted octanol–water partition coefficient (Wildman–Crippen LogP) is 3.88. The quantitative estimate of drug-likeness (QED) is 0.655. The Morgan fingerprint density at radius 3 is 2.43 bits per heavy atom. The molecule has 0 saturated carbocycles. The molecule has 0 unspecified atom stereocenters. The molecule has 0 radical (unpaired) electrons. The highest BCUT2D eigenvalue weighted by Gasteiger charge is 2.19. The van der Waals surface area contributed by atoms with Gasteiger partial charge < -0.3 is 4.52 Å². The summed E-state index contributed by atoms with van der Waals surface area (Å²) in [7, 11) is 0. The topological polar surface area (TPSA) is 45.4 Å². The molecule has 0 spiro atoms. The average Bonchev–Trinajstić information content (AvgIpc) is 3.19. The Kier molecular flexibility index (Phi) is 5.95. The Morgan fingerprint density at radius 2 is 1.64 bits per heavy atom. The number of benzene rings is 2. The van der Waals surface area contributed by atoms with Crippen molar-refractivity contribution in [2.75, 3.05) is 32.7 Å². The first-order valence-electron chi connectivity index (χ1n) is 9.83. The van der Waals surface area contributed by atoms with E-state index >= 15 is 0 Å². The fraction of sp³-hybridized carbons (Fsp3) is 0.304. The fourth-order valence-electron chi connectivity index (χ4n) is 3.48. The van der Waals surface area contributed by atoms with Crippen molar-refractivity contribution in [3.05, 3.63) is 77.7 Å². The van der Waals surface area contributed by atoms with Crippen molar-refractivity contribution in [3.8, 4) is 11.4 Å². The summed E-state index contributed by atoms with van der Waals surface area (Å²) in [6, 6.07) is 18.6. The van der Waals surface area contributed by atoms with Gasteiger partial charge in [0.2, 0.25) is 11.7 Å². The second-order valence-electron chi connectivity index (χ2n) is 7.22. The van der Waals surface area contributed by atoms with E-state index in [2.05, 4.69) is 69.3 Å². The molecule has 28 heavy (non-hydrogen) atoms. The molecule has 1 saturated heterocycles. The highest BCUT2D eigenvalue weighted by Crippen LogP contribution is 2.20. The minimum Gasteiger partial charge on any atom is -0.338 e. The van der Waals surface area contributed by atoms with E-state index < -0.39 is 0 Å². The molecule has 1 aliphatic heterocycles. The highest BCUT2D eigenvalue weighted by molar-refractivity contribution is 5.58. The molecule has 5 nitrogen and oxygen atoms in total. The molecule has 0 amide bonds. The van der Waals surface area contributed by atoms with Gasteiger partial charge in [-0.3, -0.25) is 9.80 Å². The lowest BCUT2D eigenvalue weighted by atomic mass is 10.1. The summed E-state index contributed by atoms with van der Waals surface area (Å²) in [4.78, 5) is 9.45. The average molecular weight is 374 g/mol. The molecule has 2 heterocycles. The summed E-state index contributed by atoms with van der Waals surface area (Å²) in [5.74, 6) is 1.37. The first kappa shape index (κ1) is 18.6. The van der Waals surface area contributed by atoms with Crippen molar-refractivity contribution >= 4 is 6.08 Å². The Balaban J connectivity index is 1.26. The minimum absolute atomic E-state index is 0.679. The summed E-state index contributed by atoms with van der Waals surface area (Å²) in [6.07, 6.45) is 4.44. The van der Waals surface area contributed by atoms with E-state index in [9.17, 15) is 0 Å². The molecular formula is C23H26N4O. The van der Waals surface area contributed by atoms with Gasteiger partial charge in [0, 0.05) is 38.3 Å². The van der Waals surface area contributed by atoms with Crippen molar-refractivity contribution in [1.29, 1.82) is 0 Å². The molecule has 5 heteroatoms. The van der Waals surface area contributed by atoms with Crippen LogP contribution in [0.1, 0.15) is 17.0 Å². The maximum atomic E-state index is 5.49. The van der Waals surface area contributed by atoms with Crippen LogP contribution in [0.2, 0.25) is 0 Å². The molecule has 1 fully saturated rings. The van der Waals surface area contributed by atoms with Gasteiger partial charge in [-0.25, -0.2) is 0 Å². The van der Waals surface area contributed by atoms with Gasteiger partial charge >= 0.3 is 0 Å². The third-order valence-electron chi connectivity index (χ3n) is 5.15. The smallest absolute Gasteiger partial charge is 0.241 e. The van der Waals surface area contributed by atoms with E-state index in [0.717, 1.165) is 43.9 Å². The zero-order valence-corrected chi connectivity index (χ0v) is 16.3. The van der Waals surface area contributed by atoms with Crippen LogP contribution in [0.15, 0.2) is 65.2 Å². The lowest BCUT2D eigenvalue weighted by molar-refractivity contribution is 0.125. The van der Waals surface area contributed by atoms with E-state index in [1.807, 2.05) is 24.3 Å². The third kappa shape index (κ3) is 4.74. The van der Waals surface area contributed by atoms with Gasteiger partial charge in [-0.15, -0.1) is 0 Å². The fourth-order valence-corrected chi connectivity index (χ4v) is 3.48. The number of hydrogen-bond acceptors (Lipinski definition) is 5. The van der Waals surface area contributed by atoms with Crippen LogP contribution < -0.4 is 0 Å². The van der Waals surface area contributed by atoms with Gasteiger partial charge in [0.05, 0.1) is 6.54 Å². The molecule has 0 bridgehead atoms. The normalized spacial score (nSPS) is 16.0. The Labute approximate surface area is 166 Å². The number of rotatable bonds is 6. The van der Waals surface area contributed by atoms with Crippen LogP contribution in [-0.4, -0.2) is 52.7 Å². The Morgan fingerprint density at radius 1 is 0.929 bits per heavy atom. The van der Waals surface area contributed by atoms with Gasteiger partial charge in [-0.2, -0.15) is 4.98 Å². The number of nitrogens with zero attached hydrogens (tertiary/aromatic N) is 4. The summed E-state index contributed by atoms with van der Waals surface area (Å²) in [6.45, 7) is 7.91. The zero-order chi connectivity index (χ0) is 19.2. The van der Waals surface area contributed by atoms with Crippen molar-refractivity contribution in [2.45, 2.75) is 13.5 Å². The predicted molar refractivity (Wildman–Crippen MR) is 112 cm³/mol. The number of aromatic nitrogens is 2. The van der Waals surface area contributed by atoms with E-state index in [0.29, 0.717) is 18.3 Å². The third-order valence-corrected chi connectivity index (χ3v) is 5.15. The van der Waals surface area contributed by atoms with Crippen LogP contribution in [0.25, 0.3) is 17.5 Å². The largest absolute Gasteiger partial charge is 0.338 e. The van der Waals surface area contributed by atoms with Crippen LogP contribution in [-0.2, 0) is 6.54 Å². The van der Waals surface area contributed by atoms with Crippen LogP contribution in [0, 0.1) is 6.92 Å². The Hall–Kier alpha value is -2.76. The van der Waals surface area contributed by atoms with Crippen LogP contribution >= 0.6 is 0 Å². The van der Waals surface area contributed by atoms with E-state index in [1.54, 1.807) is 0 Å². The molecule has 144 valence electrons. The van der Waals surface area contributed by atoms with Gasteiger partial charge in [0.1, 0.15) is 0 Å². The van der Waals surface area contributed by atoms with Crippen molar-refractivity contribution in [3.63, 3.8) is 0 Å². The Bertz CT molecular complexity index is 911. The molecule has 2 aromatic carbocycles. The first-order valence-corrected chi connectivity index (χ1v) is 9.83. The summed E-state index contributed by atoms with van der Waals surface area (Å²) >= 11 is 0. The minimum atomic E-state index is 0.679. The maximum absolute atomic E-state index is 5.49. The van der Waals surface area contributed by atoms with E-state index in [1.165, 1.54) is 5.56 Å². The van der Waals surface area contributed by atoms with Gasteiger partial charge in [-0.05, 0) is 18.1 Å². The number of hydrogen-bond donors (Lipinski definition) is 0.